The van der Waals surface area contributed by atoms with Gasteiger partial charge in [0.2, 0.25) is 5.91 Å². The predicted octanol–water partition coefficient (Wildman–Crippen LogP) is 3.09. The summed E-state index contributed by atoms with van der Waals surface area (Å²) < 4.78 is 13.9. The number of hydrogen-bond donors (Lipinski definition) is 3. The van der Waals surface area contributed by atoms with Crippen LogP contribution in [0.3, 0.4) is 0 Å². The molecule has 5 nitrogen and oxygen atoms in total. The quantitative estimate of drug-likeness (QED) is 0.746. The highest BCUT2D eigenvalue weighted by atomic mass is 19.1. The molecule has 0 bridgehead atoms. The van der Waals surface area contributed by atoms with Crippen molar-refractivity contribution in [3.63, 3.8) is 0 Å². The van der Waals surface area contributed by atoms with Crippen molar-refractivity contribution >= 4 is 17.5 Å². The number of hydrogen-bond acceptors (Lipinski definition) is 3. The van der Waals surface area contributed by atoms with E-state index in [1.54, 1.807) is 20.8 Å². The fourth-order valence-corrected chi connectivity index (χ4v) is 1.94. The van der Waals surface area contributed by atoms with Gasteiger partial charge < -0.3 is 15.7 Å². The van der Waals surface area contributed by atoms with E-state index in [0.717, 1.165) is 6.07 Å². The molecule has 0 aliphatic heterocycles. The number of halogens is 1. The topological polar surface area (TPSA) is 78.4 Å². The maximum absolute atomic E-state index is 13.9. The van der Waals surface area contributed by atoms with Crippen LogP contribution in [0.4, 0.5) is 10.1 Å². The number of nitrogens with one attached hydrogen (secondary N) is 2. The second-order valence-corrected chi connectivity index (χ2v) is 7.01. The molecule has 0 atom stereocenters. The Balaban J connectivity index is 2.90. The largest absolute Gasteiger partial charge is 0.388 e. The van der Waals surface area contributed by atoms with E-state index in [0.29, 0.717) is 18.5 Å². The molecule has 0 aromatic heterocycles. The van der Waals surface area contributed by atoms with E-state index in [2.05, 4.69) is 10.6 Å². The molecule has 1 rings (SSSR count). The lowest BCUT2D eigenvalue weighted by Crippen LogP contribution is -2.42. The molecule has 0 heterocycles. The lowest BCUT2D eigenvalue weighted by atomic mass is 9.95. The van der Waals surface area contributed by atoms with Crippen LogP contribution in [0.25, 0.3) is 0 Å². The Morgan fingerprint density at radius 1 is 1.17 bits per heavy atom. The summed E-state index contributed by atoms with van der Waals surface area (Å²) in [5, 5.41) is 15.4. The predicted molar refractivity (Wildman–Crippen MR) is 92.3 cm³/mol. The molecule has 0 radical (unpaired) electrons. The van der Waals surface area contributed by atoms with E-state index < -0.39 is 22.7 Å². The average molecular weight is 338 g/mol. The van der Waals surface area contributed by atoms with Gasteiger partial charge in [0.1, 0.15) is 5.82 Å². The van der Waals surface area contributed by atoms with Gasteiger partial charge in [0.15, 0.2) is 0 Å². The Morgan fingerprint density at radius 2 is 1.75 bits per heavy atom. The first-order chi connectivity index (χ1) is 11.0. The Hall–Kier alpha value is -1.95. The van der Waals surface area contributed by atoms with Crippen molar-refractivity contribution in [2.24, 2.45) is 5.41 Å². The van der Waals surface area contributed by atoms with Crippen molar-refractivity contribution in [2.75, 3.05) is 11.9 Å². The van der Waals surface area contributed by atoms with Crippen LogP contribution in [0.15, 0.2) is 18.2 Å². The van der Waals surface area contributed by atoms with E-state index in [9.17, 15) is 19.1 Å². The third-order valence-electron chi connectivity index (χ3n) is 4.04. The maximum Gasteiger partial charge on any atom is 0.254 e. The minimum atomic E-state index is -1.01. The van der Waals surface area contributed by atoms with Gasteiger partial charge in [0.05, 0.1) is 11.2 Å². The van der Waals surface area contributed by atoms with Crippen molar-refractivity contribution in [1.29, 1.82) is 0 Å². The van der Waals surface area contributed by atoms with E-state index in [1.165, 1.54) is 12.1 Å². The summed E-state index contributed by atoms with van der Waals surface area (Å²) in [6.07, 6.45) is 0.960. The van der Waals surface area contributed by atoms with Crippen LogP contribution in [0.5, 0.6) is 0 Å². The van der Waals surface area contributed by atoms with Gasteiger partial charge in [-0.3, -0.25) is 9.59 Å². The first kappa shape index (κ1) is 20.1. The molecule has 2 amide bonds. The van der Waals surface area contributed by atoms with Gasteiger partial charge >= 0.3 is 0 Å². The molecule has 6 heteroatoms. The van der Waals surface area contributed by atoms with Crippen molar-refractivity contribution in [2.45, 2.75) is 53.1 Å². The Kier molecular flexibility index (Phi) is 6.49. The second kappa shape index (κ2) is 7.75. The first-order valence-electron chi connectivity index (χ1n) is 8.14. The number of aliphatic hydroxyl groups is 1. The highest BCUT2D eigenvalue weighted by Gasteiger charge is 2.25. The third kappa shape index (κ3) is 5.30. The minimum absolute atomic E-state index is 0.0385. The molecule has 1 aromatic carbocycles. The van der Waals surface area contributed by atoms with Gasteiger partial charge in [-0.25, -0.2) is 4.39 Å². The van der Waals surface area contributed by atoms with Crippen molar-refractivity contribution in [3.05, 3.63) is 29.6 Å². The first-order valence-corrected chi connectivity index (χ1v) is 8.14. The number of carbonyl (C=O) groups excluding carboxylic acids is 2. The summed E-state index contributed by atoms with van der Waals surface area (Å²) in [4.78, 5) is 24.2. The second-order valence-electron chi connectivity index (χ2n) is 7.01. The van der Waals surface area contributed by atoms with Crippen LogP contribution in [-0.2, 0) is 4.79 Å². The molecule has 0 aliphatic carbocycles. The van der Waals surface area contributed by atoms with Crippen LogP contribution in [0.1, 0.15) is 57.8 Å². The Labute approximate surface area is 142 Å². The fourth-order valence-electron chi connectivity index (χ4n) is 1.94. The molecule has 1 aromatic rings. The number of amides is 2. The lowest BCUT2D eigenvalue weighted by molar-refractivity contribution is -0.123. The zero-order chi connectivity index (χ0) is 18.5. The summed E-state index contributed by atoms with van der Waals surface area (Å²) >= 11 is 0. The number of rotatable bonds is 6. The Bertz CT molecular complexity index is 605. The van der Waals surface area contributed by atoms with Gasteiger partial charge in [-0.1, -0.05) is 34.6 Å². The van der Waals surface area contributed by atoms with Gasteiger partial charge in [0.25, 0.3) is 5.91 Å². The summed E-state index contributed by atoms with van der Waals surface area (Å²) in [6.45, 7) is 8.95. The van der Waals surface area contributed by atoms with Crippen LogP contribution in [-0.4, -0.2) is 29.1 Å². The SMILES string of the molecule is CCC(O)(CC)CNC(=O)c1cc(NC(=O)C(C)(C)C)ccc1F. The molecular formula is C18H27FN2O3. The fraction of sp³-hybridized carbons (Fsp3) is 0.556. The third-order valence-corrected chi connectivity index (χ3v) is 4.04. The van der Waals surface area contributed by atoms with Crippen LogP contribution >= 0.6 is 0 Å². The van der Waals surface area contributed by atoms with Crippen LogP contribution in [0.2, 0.25) is 0 Å². The lowest BCUT2D eigenvalue weighted by Gasteiger charge is -2.25. The molecule has 0 unspecified atom stereocenters. The molecular weight excluding hydrogens is 311 g/mol. The van der Waals surface area contributed by atoms with E-state index in [1.807, 2.05) is 13.8 Å². The smallest absolute Gasteiger partial charge is 0.254 e. The van der Waals surface area contributed by atoms with E-state index >= 15 is 0 Å². The molecule has 134 valence electrons. The molecule has 3 N–H and O–H groups in total. The van der Waals surface area contributed by atoms with E-state index in [4.69, 9.17) is 0 Å². The molecule has 0 aliphatic rings. The molecule has 0 spiro atoms. The normalized spacial score (nSPS) is 12.0. The molecule has 0 saturated heterocycles. The zero-order valence-electron chi connectivity index (χ0n) is 15.0. The monoisotopic (exact) mass is 338 g/mol. The van der Waals surface area contributed by atoms with Gasteiger partial charge in [0, 0.05) is 17.6 Å². The summed E-state index contributed by atoms with van der Waals surface area (Å²) in [7, 11) is 0. The zero-order valence-corrected chi connectivity index (χ0v) is 15.0. The summed E-state index contributed by atoms with van der Waals surface area (Å²) in [5.74, 6) is -1.54. The average Bonchev–Trinajstić information content (AvgIpc) is 2.53. The Morgan fingerprint density at radius 3 is 2.25 bits per heavy atom. The maximum atomic E-state index is 13.9. The summed E-state index contributed by atoms with van der Waals surface area (Å²) in [5.41, 5.74) is -1.43. The molecule has 0 saturated carbocycles. The van der Waals surface area contributed by atoms with Gasteiger partial charge in [-0.2, -0.15) is 0 Å². The number of anilines is 1. The summed E-state index contributed by atoms with van der Waals surface area (Å²) in [6, 6.07) is 3.84. The van der Waals surface area contributed by atoms with Gasteiger partial charge in [-0.05, 0) is 31.0 Å². The van der Waals surface area contributed by atoms with Gasteiger partial charge in [-0.15, -0.1) is 0 Å². The number of carbonyl (C=O) groups is 2. The highest BCUT2D eigenvalue weighted by molar-refractivity contribution is 5.98. The van der Waals surface area contributed by atoms with Crippen molar-refractivity contribution in [1.82, 2.24) is 5.32 Å². The molecule has 0 fully saturated rings. The highest BCUT2D eigenvalue weighted by Crippen LogP contribution is 2.20. The standard InChI is InChI=1S/C18H27FN2O3/c1-6-18(24,7-2)11-20-15(22)13-10-12(8-9-14(13)19)21-16(23)17(3,4)5/h8-10,24H,6-7,11H2,1-5H3,(H,20,22)(H,21,23). The number of benzene rings is 1. The minimum Gasteiger partial charge on any atom is -0.388 e. The van der Waals surface area contributed by atoms with Crippen LogP contribution < -0.4 is 10.6 Å². The van der Waals surface area contributed by atoms with Crippen LogP contribution in [0, 0.1) is 11.2 Å². The van der Waals surface area contributed by atoms with Crippen molar-refractivity contribution in [3.8, 4) is 0 Å². The van der Waals surface area contributed by atoms with E-state index in [-0.39, 0.29) is 18.0 Å². The van der Waals surface area contributed by atoms with Crippen molar-refractivity contribution < 1.29 is 19.1 Å². The molecule has 24 heavy (non-hydrogen) atoms.